The highest BCUT2D eigenvalue weighted by molar-refractivity contribution is 5.96. The van der Waals surface area contributed by atoms with E-state index in [2.05, 4.69) is 34.6 Å². The van der Waals surface area contributed by atoms with Crippen LogP contribution in [0.1, 0.15) is 50.7 Å². The summed E-state index contributed by atoms with van der Waals surface area (Å²) in [7, 11) is 0. The lowest BCUT2D eigenvalue weighted by Crippen LogP contribution is -2.40. The third kappa shape index (κ3) is 6.61. The van der Waals surface area contributed by atoms with Crippen LogP contribution >= 0.6 is 0 Å². The number of hydrogen-bond donors (Lipinski definition) is 3. The monoisotopic (exact) mass is 462 g/mol. The average Bonchev–Trinajstić information content (AvgIpc) is 3.11. The van der Waals surface area contributed by atoms with Gasteiger partial charge in [0.1, 0.15) is 12.6 Å². The first-order chi connectivity index (χ1) is 16.2. The lowest BCUT2D eigenvalue weighted by Gasteiger charge is -2.21. The summed E-state index contributed by atoms with van der Waals surface area (Å²) < 4.78 is 5.41. The van der Waals surface area contributed by atoms with Gasteiger partial charge in [0, 0.05) is 5.92 Å². The normalized spacial score (nSPS) is 13.0. The minimum atomic E-state index is -1.10. The van der Waals surface area contributed by atoms with Gasteiger partial charge >= 0.3 is 12.1 Å². The number of benzene rings is 2. The molecule has 0 saturated heterocycles. The summed E-state index contributed by atoms with van der Waals surface area (Å²) in [6, 6.07) is 15.1. The van der Waals surface area contributed by atoms with E-state index in [9.17, 15) is 19.5 Å². The van der Waals surface area contributed by atoms with Crippen molar-refractivity contribution in [3.05, 3.63) is 59.7 Å². The third-order valence-corrected chi connectivity index (χ3v) is 5.65. The zero-order valence-corrected chi connectivity index (χ0v) is 19.7. The molecular weight excluding hydrogens is 432 g/mol. The van der Waals surface area contributed by atoms with Gasteiger partial charge in [-0.1, -0.05) is 75.2 Å². The van der Waals surface area contributed by atoms with Crippen molar-refractivity contribution < 1.29 is 24.2 Å². The Morgan fingerprint density at radius 3 is 2.18 bits per heavy atom. The number of rotatable bonds is 7. The van der Waals surface area contributed by atoms with E-state index in [1.165, 1.54) is 0 Å². The van der Waals surface area contributed by atoms with E-state index < -0.39 is 24.0 Å². The van der Waals surface area contributed by atoms with Gasteiger partial charge in [0.15, 0.2) is 0 Å². The summed E-state index contributed by atoms with van der Waals surface area (Å²) in [4.78, 5) is 35.5. The van der Waals surface area contributed by atoms with Gasteiger partial charge in [-0.15, -0.1) is 0 Å². The highest BCUT2D eigenvalue weighted by Gasteiger charge is 2.29. The Bertz CT molecular complexity index is 1080. The van der Waals surface area contributed by atoms with Crippen LogP contribution in [0.25, 0.3) is 11.1 Å². The molecule has 0 saturated carbocycles. The van der Waals surface area contributed by atoms with E-state index in [0.29, 0.717) is 12.8 Å². The number of amides is 2. The van der Waals surface area contributed by atoms with Gasteiger partial charge < -0.3 is 20.5 Å². The Labute approximate surface area is 199 Å². The van der Waals surface area contributed by atoms with Crippen LogP contribution in [0.15, 0.2) is 48.5 Å². The molecule has 7 heteroatoms. The van der Waals surface area contributed by atoms with Gasteiger partial charge in [0.05, 0.1) is 6.54 Å². The second-order valence-corrected chi connectivity index (χ2v) is 9.44. The number of fused-ring (bicyclic) bond motifs is 3. The molecule has 1 unspecified atom stereocenters. The van der Waals surface area contributed by atoms with Crippen LogP contribution in [-0.2, 0) is 14.3 Å². The van der Waals surface area contributed by atoms with Crippen molar-refractivity contribution in [3.8, 4) is 23.0 Å². The number of hydrogen-bond acceptors (Lipinski definition) is 4. The number of aliphatic carboxylic acids is 1. The van der Waals surface area contributed by atoms with Crippen molar-refractivity contribution in [2.45, 2.75) is 45.6 Å². The second kappa shape index (κ2) is 10.9. The van der Waals surface area contributed by atoms with Crippen molar-refractivity contribution in [1.82, 2.24) is 10.6 Å². The molecule has 2 aromatic rings. The molecular formula is C27H30N2O5. The van der Waals surface area contributed by atoms with Crippen LogP contribution < -0.4 is 10.6 Å². The van der Waals surface area contributed by atoms with Crippen molar-refractivity contribution in [2.24, 2.45) is 5.41 Å². The van der Waals surface area contributed by atoms with Gasteiger partial charge in [-0.05, 0) is 46.4 Å². The number of carboxylic acid groups (broad SMARTS) is 1. The quantitative estimate of drug-likeness (QED) is 0.541. The molecule has 1 aliphatic carbocycles. The standard InChI is InChI=1S/C27H30N2O5/c1-27(2,3)15-14-23(25(31)32)29-24(30)13-8-16-28-26(33)34-17-22-20-11-6-4-9-18(20)19-10-5-7-12-21(19)22/h4-7,9-12,22-23H,14-17H2,1-3H3,(H,28,33)(H,29,30)(H,31,32). The van der Waals surface area contributed by atoms with Crippen molar-refractivity contribution in [2.75, 3.05) is 13.2 Å². The van der Waals surface area contributed by atoms with Crippen LogP contribution in [0.5, 0.6) is 0 Å². The minimum Gasteiger partial charge on any atom is -0.480 e. The molecule has 178 valence electrons. The van der Waals surface area contributed by atoms with Gasteiger partial charge in [-0.25, -0.2) is 9.59 Å². The summed E-state index contributed by atoms with van der Waals surface area (Å²) in [6.45, 7) is 6.10. The maximum Gasteiger partial charge on any atom is 0.407 e. The molecule has 0 aliphatic heterocycles. The summed E-state index contributed by atoms with van der Waals surface area (Å²) in [5, 5.41) is 14.2. The van der Waals surface area contributed by atoms with Crippen molar-refractivity contribution in [1.29, 1.82) is 0 Å². The van der Waals surface area contributed by atoms with E-state index in [0.717, 1.165) is 22.3 Å². The zero-order valence-electron chi connectivity index (χ0n) is 19.7. The summed E-state index contributed by atoms with van der Waals surface area (Å²) in [6.07, 6.45) is 0.316. The molecule has 3 N–H and O–H groups in total. The largest absolute Gasteiger partial charge is 0.480 e. The van der Waals surface area contributed by atoms with Gasteiger partial charge in [0.2, 0.25) is 0 Å². The molecule has 0 aromatic heterocycles. The Balaban J connectivity index is 1.47. The van der Waals surface area contributed by atoms with E-state index >= 15 is 0 Å². The predicted octanol–water partition coefficient (Wildman–Crippen LogP) is 3.92. The van der Waals surface area contributed by atoms with Crippen LogP contribution in [0.4, 0.5) is 4.79 Å². The predicted molar refractivity (Wildman–Crippen MR) is 129 cm³/mol. The van der Waals surface area contributed by atoms with E-state index in [-0.39, 0.29) is 24.5 Å². The van der Waals surface area contributed by atoms with Gasteiger partial charge in [0.25, 0.3) is 5.91 Å². The molecule has 3 rings (SSSR count). The molecule has 1 atom stereocenters. The minimum absolute atomic E-state index is 0.0446. The number of carboxylic acids is 1. The number of alkyl carbamates (subject to hydrolysis) is 1. The second-order valence-electron chi connectivity index (χ2n) is 9.44. The number of carbonyl (C=O) groups excluding carboxylic acids is 2. The topological polar surface area (TPSA) is 105 Å². The van der Waals surface area contributed by atoms with Crippen LogP contribution in [-0.4, -0.2) is 42.3 Å². The molecule has 0 fully saturated rings. The average molecular weight is 463 g/mol. The molecule has 1 aliphatic rings. The van der Waals surface area contributed by atoms with Crippen LogP contribution in [0.3, 0.4) is 0 Å². The smallest absolute Gasteiger partial charge is 0.407 e. The number of nitrogens with one attached hydrogen (secondary N) is 2. The Hall–Kier alpha value is -3.79. The van der Waals surface area contributed by atoms with Crippen molar-refractivity contribution in [3.63, 3.8) is 0 Å². The van der Waals surface area contributed by atoms with Crippen LogP contribution in [0, 0.1) is 17.3 Å². The summed E-state index contributed by atoms with van der Waals surface area (Å²) >= 11 is 0. The molecule has 2 aromatic carbocycles. The summed E-state index contributed by atoms with van der Waals surface area (Å²) in [5.74, 6) is 2.99. The highest BCUT2D eigenvalue weighted by Crippen LogP contribution is 2.44. The lowest BCUT2D eigenvalue weighted by molar-refractivity contribution is -0.141. The van der Waals surface area contributed by atoms with E-state index in [1.807, 2.05) is 57.2 Å². The fourth-order valence-electron chi connectivity index (χ4n) is 3.92. The molecule has 0 heterocycles. The highest BCUT2D eigenvalue weighted by atomic mass is 16.5. The zero-order chi connectivity index (χ0) is 24.7. The maximum absolute atomic E-state index is 12.1. The number of carbonyl (C=O) groups is 3. The Morgan fingerprint density at radius 1 is 1.03 bits per heavy atom. The Kier molecular flexibility index (Phi) is 7.95. The molecule has 2 amide bonds. The third-order valence-electron chi connectivity index (χ3n) is 5.65. The lowest BCUT2D eigenvalue weighted by atomic mass is 9.88. The van der Waals surface area contributed by atoms with Crippen LogP contribution in [0.2, 0.25) is 0 Å². The first-order valence-corrected chi connectivity index (χ1v) is 11.3. The molecule has 7 nitrogen and oxygen atoms in total. The molecule has 34 heavy (non-hydrogen) atoms. The van der Waals surface area contributed by atoms with Gasteiger partial charge in [-0.3, -0.25) is 4.79 Å². The SMILES string of the molecule is CC(C)(C)CCC(NC(=O)C#CCNC(=O)OCC1c2ccccc2-c2ccccc21)C(=O)O. The van der Waals surface area contributed by atoms with Gasteiger partial charge in [-0.2, -0.15) is 0 Å². The Morgan fingerprint density at radius 2 is 1.62 bits per heavy atom. The first-order valence-electron chi connectivity index (χ1n) is 11.3. The molecule has 0 radical (unpaired) electrons. The maximum atomic E-state index is 12.1. The van der Waals surface area contributed by atoms with E-state index in [1.54, 1.807) is 0 Å². The number of ether oxygens (including phenoxy) is 1. The van der Waals surface area contributed by atoms with E-state index in [4.69, 9.17) is 4.74 Å². The fourth-order valence-corrected chi connectivity index (χ4v) is 3.92. The fraction of sp³-hybridized carbons (Fsp3) is 0.370. The molecule has 0 spiro atoms. The van der Waals surface area contributed by atoms with Crippen molar-refractivity contribution >= 4 is 18.0 Å². The first kappa shape index (κ1) is 24.8. The molecule has 0 bridgehead atoms. The summed E-state index contributed by atoms with van der Waals surface area (Å²) in [5.41, 5.74) is 4.48.